The number of hydrogen-bond acceptors (Lipinski definition) is 3. The molecule has 1 aromatic carbocycles. The van der Waals surface area contributed by atoms with Crippen LogP contribution in [0.5, 0.6) is 5.75 Å². The second-order valence-corrected chi connectivity index (χ2v) is 4.64. The lowest BCUT2D eigenvalue weighted by molar-refractivity contribution is 0.399. The Morgan fingerprint density at radius 1 is 1.24 bits per heavy atom. The van der Waals surface area contributed by atoms with Crippen molar-refractivity contribution in [3.8, 4) is 5.75 Å². The van der Waals surface area contributed by atoms with Crippen LogP contribution in [0, 0.1) is 11.6 Å². The number of methoxy groups -OCH3 is 1. The first kappa shape index (κ1) is 15.4. The lowest BCUT2D eigenvalue weighted by atomic mass is 9.97. The molecule has 0 amide bonds. The molecule has 2 rings (SSSR count). The van der Waals surface area contributed by atoms with Gasteiger partial charge in [0, 0.05) is 17.3 Å². The second kappa shape index (κ2) is 7.13. The number of rotatable bonds is 6. The number of ether oxygens (including phenoxy) is 1. The Balaban J connectivity index is 2.53. The van der Waals surface area contributed by atoms with Crippen molar-refractivity contribution in [3.63, 3.8) is 0 Å². The van der Waals surface area contributed by atoms with Crippen LogP contribution in [0.1, 0.15) is 30.5 Å². The Morgan fingerprint density at radius 2 is 1.95 bits per heavy atom. The summed E-state index contributed by atoms with van der Waals surface area (Å²) in [6, 6.07) is 4.95. The number of hydrogen-bond donors (Lipinski definition) is 1. The number of pyridine rings is 1. The van der Waals surface area contributed by atoms with Gasteiger partial charge in [-0.05, 0) is 31.2 Å². The molecule has 1 heterocycles. The molecular weight excluding hydrogens is 274 g/mol. The molecule has 1 N–H and O–H groups in total. The van der Waals surface area contributed by atoms with Gasteiger partial charge < -0.3 is 10.1 Å². The monoisotopic (exact) mass is 292 g/mol. The molecule has 1 atom stereocenters. The average Bonchev–Trinajstić information content (AvgIpc) is 2.50. The molecule has 5 heteroatoms. The topological polar surface area (TPSA) is 34.2 Å². The van der Waals surface area contributed by atoms with E-state index in [4.69, 9.17) is 4.74 Å². The van der Waals surface area contributed by atoms with Gasteiger partial charge in [0.25, 0.3) is 0 Å². The van der Waals surface area contributed by atoms with Crippen molar-refractivity contribution in [3.05, 3.63) is 59.4 Å². The van der Waals surface area contributed by atoms with E-state index in [-0.39, 0.29) is 5.56 Å². The van der Waals surface area contributed by atoms with Crippen LogP contribution in [-0.2, 0) is 0 Å². The molecule has 1 unspecified atom stereocenters. The van der Waals surface area contributed by atoms with Gasteiger partial charge >= 0.3 is 0 Å². The Morgan fingerprint density at radius 3 is 2.57 bits per heavy atom. The van der Waals surface area contributed by atoms with Crippen molar-refractivity contribution >= 4 is 0 Å². The zero-order chi connectivity index (χ0) is 15.2. The summed E-state index contributed by atoms with van der Waals surface area (Å²) in [5.74, 6) is -0.668. The summed E-state index contributed by atoms with van der Waals surface area (Å²) in [4.78, 5) is 3.98. The Kier molecular flexibility index (Phi) is 5.22. The first-order valence-corrected chi connectivity index (χ1v) is 6.84. The fourth-order valence-corrected chi connectivity index (χ4v) is 2.24. The number of nitrogens with zero attached hydrogens (tertiary/aromatic N) is 1. The molecule has 0 aliphatic carbocycles. The van der Waals surface area contributed by atoms with Crippen molar-refractivity contribution in [2.45, 2.75) is 19.4 Å². The van der Waals surface area contributed by atoms with E-state index < -0.39 is 17.7 Å². The van der Waals surface area contributed by atoms with Crippen LogP contribution < -0.4 is 10.1 Å². The summed E-state index contributed by atoms with van der Waals surface area (Å²) in [7, 11) is 1.51. The molecule has 0 spiro atoms. The molecule has 0 saturated heterocycles. The molecule has 3 nitrogen and oxygen atoms in total. The molecule has 21 heavy (non-hydrogen) atoms. The Labute approximate surface area is 123 Å². The lowest BCUT2D eigenvalue weighted by Gasteiger charge is -2.22. The smallest absolute Gasteiger partial charge is 0.142 e. The highest BCUT2D eigenvalue weighted by atomic mass is 19.1. The SMILES string of the molecule is CCCNC(c1ccncc1OC)c1c(F)cccc1F. The third kappa shape index (κ3) is 3.36. The van der Waals surface area contributed by atoms with E-state index >= 15 is 0 Å². The van der Waals surface area contributed by atoms with Gasteiger partial charge in [0.2, 0.25) is 0 Å². The van der Waals surface area contributed by atoms with E-state index in [1.807, 2.05) is 6.92 Å². The summed E-state index contributed by atoms with van der Waals surface area (Å²) in [5, 5.41) is 3.17. The zero-order valence-electron chi connectivity index (χ0n) is 12.1. The maximum Gasteiger partial charge on any atom is 0.142 e. The molecule has 0 radical (unpaired) electrons. The number of benzene rings is 1. The largest absolute Gasteiger partial charge is 0.495 e. The van der Waals surface area contributed by atoms with Crippen LogP contribution in [0.25, 0.3) is 0 Å². The third-order valence-electron chi connectivity index (χ3n) is 3.23. The summed E-state index contributed by atoms with van der Waals surface area (Å²) in [5.41, 5.74) is 0.653. The third-order valence-corrected chi connectivity index (χ3v) is 3.23. The number of aromatic nitrogens is 1. The molecular formula is C16H18F2N2O. The minimum absolute atomic E-state index is 0.00421. The molecule has 0 bridgehead atoms. The van der Waals surface area contributed by atoms with Gasteiger partial charge in [-0.1, -0.05) is 13.0 Å². The van der Waals surface area contributed by atoms with Crippen molar-refractivity contribution in [1.82, 2.24) is 10.3 Å². The van der Waals surface area contributed by atoms with Gasteiger partial charge in [-0.3, -0.25) is 4.98 Å². The van der Waals surface area contributed by atoms with Crippen molar-refractivity contribution in [2.24, 2.45) is 0 Å². The summed E-state index contributed by atoms with van der Waals surface area (Å²) in [6.07, 6.45) is 3.96. The maximum absolute atomic E-state index is 14.1. The van der Waals surface area contributed by atoms with Gasteiger partial charge in [0.15, 0.2) is 0 Å². The highest BCUT2D eigenvalue weighted by Crippen LogP contribution is 2.32. The quantitative estimate of drug-likeness (QED) is 0.885. The molecule has 2 aromatic rings. The van der Waals surface area contributed by atoms with Crippen LogP contribution >= 0.6 is 0 Å². The van der Waals surface area contributed by atoms with Gasteiger partial charge in [-0.15, -0.1) is 0 Å². The summed E-state index contributed by atoms with van der Waals surface area (Å²) < 4.78 is 33.5. The van der Waals surface area contributed by atoms with Crippen LogP contribution in [0.3, 0.4) is 0 Å². The van der Waals surface area contributed by atoms with Crippen molar-refractivity contribution < 1.29 is 13.5 Å². The van der Waals surface area contributed by atoms with E-state index in [0.29, 0.717) is 17.9 Å². The molecule has 0 aliphatic rings. The first-order valence-electron chi connectivity index (χ1n) is 6.84. The highest BCUT2D eigenvalue weighted by Gasteiger charge is 2.24. The van der Waals surface area contributed by atoms with Crippen LogP contribution in [0.4, 0.5) is 8.78 Å². The van der Waals surface area contributed by atoms with E-state index in [9.17, 15) is 8.78 Å². The molecule has 112 valence electrons. The fourth-order valence-electron chi connectivity index (χ4n) is 2.24. The summed E-state index contributed by atoms with van der Waals surface area (Å²) >= 11 is 0. The van der Waals surface area contributed by atoms with Crippen LogP contribution in [0.15, 0.2) is 36.7 Å². The lowest BCUT2D eigenvalue weighted by Crippen LogP contribution is -2.25. The highest BCUT2D eigenvalue weighted by molar-refractivity contribution is 5.40. The Bertz CT molecular complexity index is 584. The maximum atomic E-state index is 14.1. The molecule has 0 aliphatic heterocycles. The van der Waals surface area contributed by atoms with Gasteiger partial charge in [0.1, 0.15) is 17.4 Å². The summed E-state index contributed by atoms with van der Waals surface area (Å²) in [6.45, 7) is 2.62. The second-order valence-electron chi connectivity index (χ2n) is 4.64. The van der Waals surface area contributed by atoms with Crippen molar-refractivity contribution in [2.75, 3.05) is 13.7 Å². The number of nitrogens with one attached hydrogen (secondary N) is 1. The minimum Gasteiger partial charge on any atom is -0.495 e. The van der Waals surface area contributed by atoms with Crippen molar-refractivity contribution in [1.29, 1.82) is 0 Å². The van der Waals surface area contributed by atoms with Gasteiger partial charge in [-0.25, -0.2) is 8.78 Å². The molecule has 1 aromatic heterocycles. The first-order chi connectivity index (χ1) is 10.2. The van der Waals surface area contributed by atoms with E-state index in [2.05, 4.69) is 10.3 Å². The zero-order valence-corrected chi connectivity index (χ0v) is 12.1. The fraction of sp³-hybridized carbons (Fsp3) is 0.312. The normalized spacial score (nSPS) is 12.2. The Hall–Kier alpha value is -2.01. The average molecular weight is 292 g/mol. The standard InChI is InChI=1S/C16H18F2N2O/c1-3-8-20-16(11-7-9-19-10-14(11)21-2)15-12(17)5-4-6-13(15)18/h4-7,9-10,16,20H,3,8H2,1-2H3. The molecule has 0 saturated carbocycles. The molecule has 0 fully saturated rings. The minimum atomic E-state index is -0.621. The number of halogens is 2. The predicted octanol–water partition coefficient (Wildman–Crippen LogP) is 3.46. The van der Waals surface area contributed by atoms with Gasteiger partial charge in [-0.2, -0.15) is 0 Å². The van der Waals surface area contributed by atoms with Crippen LogP contribution in [0.2, 0.25) is 0 Å². The van der Waals surface area contributed by atoms with Crippen LogP contribution in [-0.4, -0.2) is 18.6 Å². The van der Waals surface area contributed by atoms with E-state index in [1.165, 1.54) is 31.5 Å². The van der Waals surface area contributed by atoms with E-state index in [1.54, 1.807) is 12.3 Å². The van der Waals surface area contributed by atoms with Gasteiger partial charge in [0.05, 0.1) is 19.3 Å². The predicted molar refractivity (Wildman–Crippen MR) is 77.3 cm³/mol. The van der Waals surface area contributed by atoms with E-state index in [0.717, 1.165) is 6.42 Å².